The van der Waals surface area contributed by atoms with Crippen LogP contribution in [0.4, 0.5) is 0 Å². The summed E-state index contributed by atoms with van der Waals surface area (Å²) in [6.45, 7) is 4.76. The van der Waals surface area contributed by atoms with Gasteiger partial charge in [-0.1, -0.05) is 25.5 Å². The molecule has 3 heteroatoms. The molecule has 3 nitrogen and oxygen atoms in total. The molecule has 0 spiro atoms. The van der Waals surface area contributed by atoms with Crippen LogP contribution in [0.2, 0.25) is 0 Å². The van der Waals surface area contributed by atoms with Gasteiger partial charge in [-0.2, -0.15) is 0 Å². The van der Waals surface area contributed by atoms with Crippen LogP contribution in [0.5, 0.6) is 0 Å². The number of aliphatic hydroxyl groups is 2. The maximum atomic E-state index is 10.3. The Hall–Kier alpha value is -0.380. The maximum Gasteiger partial charge on any atom is 0.0699 e. The zero-order valence-corrected chi connectivity index (χ0v) is 14.0. The van der Waals surface area contributed by atoms with Crippen molar-refractivity contribution in [3.8, 4) is 0 Å². The van der Waals surface area contributed by atoms with Gasteiger partial charge in [-0.05, 0) is 73.5 Å². The molecule has 4 rings (SSSR count). The van der Waals surface area contributed by atoms with Gasteiger partial charge in [-0.3, -0.25) is 0 Å². The third-order valence-corrected chi connectivity index (χ3v) is 8.19. The van der Waals surface area contributed by atoms with Crippen LogP contribution in [-0.2, 0) is 0 Å². The molecule has 4 N–H and O–H groups in total. The van der Waals surface area contributed by atoms with Gasteiger partial charge in [-0.25, -0.2) is 0 Å². The van der Waals surface area contributed by atoms with E-state index >= 15 is 0 Å². The Balaban J connectivity index is 1.68. The topological polar surface area (TPSA) is 66.5 Å². The van der Waals surface area contributed by atoms with Crippen molar-refractivity contribution in [2.75, 3.05) is 0 Å². The summed E-state index contributed by atoms with van der Waals surface area (Å²) >= 11 is 0. The summed E-state index contributed by atoms with van der Waals surface area (Å²) in [5, 5.41) is 20.4. The van der Waals surface area contributed by atoms with Crippen molar-refractivity contribution in [3.05, 3.63) is 11.6 Å². The lowest BCUT2D eigenvalue weighted by molar-refractivity contribution is -0.0403. The quantitative estimate of drug-likeness (QED) is 0.603. The minimum atomic E-state index is -0.319. The number of hydrogen-bond acceptors (Lipinski definition) is 3. The fraction of sp³-hybridized carbons (Fsp3) is 0.895. The first-order valence-electron chi connectivity index (χ1n) is 9.17. The third-order valence-electron chi connectivity index (χ3n) is 8.19. The van der Waals surface area contributed by atoms with Crippen molar-refractivity contribution in [2.45, 2.75) is 77.0 Å². The molecule has 8 atom stereocenters. The minimum Gasteiger partial charge on any atom is -0.393 e. The lowest BCUT2D eigenvalue weighted by Crippen LogP contribution is -2.53. The van der Waals surface area contributed by atoms with Crippen LogP contribution < -0.4 is 5.73 Å². The van der Waals surface area contributed by atoms with Crippen LogP contribution >= 0.6 is 0 Å². The average Bonchev–Trinajstić information content (AvgIpc) is 2.72. The fourth-order valence-corrected chi connectivity index (χ4v) is 6.69. The normalized spacial score (nSPS) is 57.6. The molecule has 0 aromatic rings. The summed E-state index contributed by atoms with van der Waals surface area (Å²) < 4.78 is 0. The van der Waals surface area contributed by atoms with Crippen LogP contribution in [-0.4, -0.2) is 28.5 Å². The maximum absolute atomic E-state index is 10.3. The molecular weight excluding hydrogens is 274 g/mol. The summed E-state index contributed by atoms with van der Waals surface area (Å²) in [6, 6.07) is -0.0511. The standard InChI is InChI=1S/C19H31NO2/c1-18-7-5-12(21)9-11(18)3-4-13-14(18)6-8-19(2)15(13)10-16(22)17(19)20/h3,12-17,21-22H,4-10,20H2,1-2H3. The van der Waals surface area contributed by atoms with E-state index in [0.29, 0.717) is 11.8 Å². The van der Waals surface area contributed by atoms with Gasteiger partial charge < -0.3 is 15.9 Å². The second-order valence-corrected chi connectivity index (χ2v) is 9.03. The van der Waals surface area contributed by atoms with E-state index in [-0.39, 0.29) is 29.1 Å². The molecule has 3 saturated carbocycles. The van der Waals surface area contributed by atoms with Gasteiger partial charge in [0.05, 0.1) is 12.2 Å². The van der Waals surface area contributed by atoms with E-state index in [1.54, 1.807) is 0 Å². The van der Waals surface area contributed by atoms with Crippen molar-refractivity contribution in [1.82, 2.24) is 0 Å². The fourth-order valence-electron chi connectivity index (χ4n) is 6.69. The van der Waals surface area contributed by atoms with Gasteiger partial charge in [-0.15, -0.1) is 0 Å². The van der Waals surface area contributed by atoms with E-state index in [1.807, 2.05) is 0 Å². The Morgan fingerprint density at radius 1 is 1.14 bits per heavy atom. The molecule has 0 aromatic carbocycles. The molecule has 3 fully saturated rings. The molecule has 0 aromatic heterocycles. The molecular formula is C19H31NO2. The highest BCUT2D eigenvalue weighted by molar-refractivity contribution is 5.25. The molecule has 0 heterocycles. The molecule has 0 amide bonds. The third kappa shape index (κ3) is 1.85. The SMILES string of the molecule is CC12CCC(O)CC1=CCC1C2CCC2(C)C(N)C(O)CC12. The van der Waals surface area contributed by atoms with Crippen LogP contribution in [0.3, 0.4) is 0 Å². The van der Waals surface area contributed by atoms with E-state index in [2.05, 4.69) is 19.9 Å². The largest absolute Gasteiger partial charge is 0.393 e. The highest BCUT2D eigenvalue weighted by Gasteiger charge is 2.60. The van der Waals surface area contributed by atoms with Crippen LogP contribution in [0.25, 0.3) is 0 Å². The Bertz CT molecular complexity index is 504. The molecule has 0 aliphatic heterocycles. The Morgan fingerprint density at radius 3 is 2.68 bits per heavy atom. The van der Waals surface area contributed by atoms with Crippen LogP contribution in [0.15, 0.2) is 11.6 Å². The summed E-state index contributed by atoms with van der Waals surface area (Å²) in [7, 11) is 0. The zero-order valence-electron chi connectivity index (χ0n) is 14.0. The van der Waals surface area contributed by atoms with Gasteiger partial charge in [0.2, 0.25) is 0 Å². The summed E-state index contributed by atoms with van der Waals surface area (Å²) in [4.78, 5) is 0. The Morgan fingerprint density at radius 2 is 1.91 bits per heavy atom. The Kier molecular flexibility index (Phi) is 3.32. The molecule has 0 saturated heterocycles. The van der Waals surface area contributed by atoms with E-state index in [4.69, 9.17) is 5.73 Å². The molecule has 124 valence electrons. The first-order valence-corrected chi connectivity index (χ1v) is 9.17. The molecule has 22 heavy (non-hydrogen) atoms. The minimum absolute atomic E-state index is 0.0511. The number of rotatable bonds is 0. The summed E-state index contributed by atoms with van der Waals surface area (Å²) in [6.07, 6.45) is 9.34. The van der Waals surface area contributed by atoms with Gasteiger partial charge in [0, 0.05) is 6.04 Å². The van der Waals surface area contributed by atoms with E-state index in [9.17, 15) is 10.2 Å². The van der Waals surface area contributed by atoms with Crippen LogP contribution in [0, 0.1) is 28.6 Å². The lowest BCUT2D eigenvalue weighted by Gasteiger charge is -2.57. The molecule has 0 radical (unpaired) electrons. The molecule has 8 unspecified atom stereocenters. The lowest BCUT2D eigenvalue weighted by atomic mass is 9.48. The Labute approximate surface area is 134 Å². The molecule has 4 aliphatic rings. The first kappa shape index (κ1) is 15.2. The van der Waals surface area contributed by atoms with Crippen molar-refractivity contribution in [3.63, 3.8) is 0 Å². The number of nitrogens with two attached hydrogens (primary N) is 1. The van der Waals surface area contributed by atoms with Gasteiger partial charge in [0.1, 0.15) is 0 Å². The average molecular weight is 305 g/mol. The van der Waals surface area contributed by atoms with Crippen molar-refractivity contribution in [1.29, 1.82) is 0 Å². The molecule has 4 aliphatic carbocycles. The second-order valence-electron chi connectivity index (χ2n) is 9.03. The van der Waals surface area contributed by atoms with Crippen molar-refractivity contribution in [2.24, 2.45) is 34.3 Å². The second kappa shape index (κ2) is 4.81. The summed E-state index contributed by atoms with van der Waals surface area (Å²) in [5.41, 5.74) is 8.29. The smallest absolute Gasteiger partial charge is 0.0699 e. The first-order chi connectivity index (χ1) is 10.4. The summed E-state index contributed by atoms with van der Waals surface area (Å²) in [5.74, 6) is 1.96. The van der Waals surface area contributed by atoms with Gasteiger partial charge >= 0.3 is 0 Å². The number of fused-ring (bicyclic) bond motifs is 5. The van der Waals surface area contributed by atoms with Crippen LogP contribution in [0.1, 0.15) is 58.8 Å². The van der Waals surface area contributed by atoms with Gasteiger partial charge in [0.15, 0.2) is 0 Å². The number of aliphatic hydroxyl groups excluding tert-OH is 2. The predicted octanol–water partition coefficient (Wildman–Crippen LogP) is 2.61. The van der Waals surface area contributed by atoms with E-state index in [0.717, 1.165) is 44.4 Å². The van der Waals surface area contributed by atoms with E-state index < -0.39 is 0 Å². The van der Waals surface area contributed by atoms with Crippen molar-refractivity contribution < 1.29 is 10.2 Å². The van der Waals surface area contributed by atoms with Gasteiger partial charge in [0.25, 0.3) is 0 Å². The highest BCUT2D eigenvalue weighted by Crippen LogP contribution is 2.64. The number of hydrogen-bond donors (Lipinski definition) is 3. The predicted molar refractivity (Wildman–Crippen MR) is 87.1 cm³/mol. The molecule has 0 bridgehead atoms. The number of allylic oxidation sites excluding steroid dienone is 1. The van der Waals surface area contributed by atoms with Crippen molar-refractivity contribution >= 4 is 0 Å². The van der Waals surface area contributed by atoms with E-state index in [1.165, 1.54) is 12.0 Å². The highest BCUT2D eigenvalue weighted by atomic mass is 16.3. The zero-order chi connectivity index (χ0) is 15.7. The monoisotopic (exact) mass is 305 g/mol.